The van der Waals surface area contributed by atoms with Crippen molar-refractivity contribution in [3.8, 4) is 0 Å². The summed E-state index contributed by atoms with van der Waals surface area (Å²) in [6, 6.07) is -10.6. The Hall–Kier alpha value is -8.90. The van der Waals surface area contributed by atoms with Gasteiger partial charge in [-0.05, 0) is 88.5 Å². The summed E-state index contributed by atoms with van der Waals surface area (Å²) in [6.07, 6.45) is -0.125. The zero-order valence-corrected chi connectivity index (χ0v) is 53.6. The van der Waals surface area contributed by atoms with Gasteiger partial charge >= 0.3 is 11.9 Å². The molecular formula is C58H95N17O18. The number of hydrogen-bond acceptors (Lipinski definition) is 20. The van der Waals surface area contributed by atoms with E-state index in [0.717, 1.165) is 0 Å². The van der Waals surface area contributed by atoms with Crippen LogP contribution in [0.4, 0.5) is 0 Å². The average molecular weight is 1320 g/mol. The molecule has 0 bridgehead atoms. The predicted molar refractivity (Wildman–Crippen MR) is 334 cm³/mol. The number of rotatable bonds is 42. The van der Waals surface area contributed by atoms with Crippen molar-refractivity contribution in [2.24, 2.45) is 40.7 Å². The van der Waals surface area contributed by atoms with Gasteiger partial charge in [0.1, 0.15) is 66.5 Å². The lowest BCUT2D eigenvalue weighted by Gasteiger charge is -2.29. The van der Waals surface area contributed by atoms with Gasteiger partial charge in [0.15, 0.2) is 0 Å². The van der Waals surface area contributed by atoms with Crippen LogP contribution in [0.25, 0.3) is 10.9 Å². The highest BCUT2D eigenvalue weighted by Gasteiger charge is 2.37. The Labute approximate surface area is 537 Å². The van der Waals surface area contributed by atoms with E-state index in [0.29, 0.717) is 22.9 Å². The molecule has 0 spiro atoms. The van der Waals surface area contributed by atoms with Crippen LogP contribution in [0.15, 0.2) is 30.5 Å². The predicted octanol–water partition coefficient (Wildman–Crippen LogP) is -7.13. The fourth-order valence-electron chi connectivity index (χ4n) is 8.93. The first-order chi connectivity index (χ1) is 43.8. The second-order valence-corrected chi connectivity index (χ2v) is 23.0. The first kappa shape index (κ1) is 80.2. The van der Waals surface area contributed by atoms with Crippen molar-refractivity contribution in [2.45, 2.75) is 173 Å². The number of aliphatic carboxylic acids is 2. The number of aromatic nitrogens is 1. The van der Waals surface area contributed by atoms with Gasteiger partial charge in [0.05, 0.1) is 25.8 Å². The van der Waals surface area contributed by atoms with E-state index >= 15 is 0 Å². The molecule has 93 heavy (non-hydrogen) atoms. The third kappa shape index (κ3) is 26.3. The molecule has 25 N–H and O–H groups in total. The second kappa shape index (κ2) is 40.2. The van der Waals surface area contributed by atoms with E-state index in [-0.39, 0.29) is 51.2 Å². The minimum absolute atomic E-state index is 0.0210. The summed E-state index contributed by atoms with van der Waals surface area (Å²) in [6.45, 7) is 8.93. The van der Waals surface area contributed by atoms with E-state index in [9.17, 15) is 87.5 Å². The summed E-state index contributed by atoms with van der Waals surface area (Å²) in [4.78, 5) is 189. The van der Waals surface area contributed by atoms with Crippen LogP contribution in [0, 0.1) is 17.8 Å². The number of carbonyl (C=O) groups is 14. The molecule has 35 heteroatoms. The van der Waals surface area contributed by atoms with Crippen LogP contribution in [0.5, 0.6) is 0 Å². The highest BCUT2D eigenvalue weighted by Crippen LogP contribution is 2.20. The van der Waals surface area contributed by atoms with Gasteiger partial charge in [0, 0.05) is 29.9 Å². The molecule has 13 atom stereocenters. The van der Waals surface area contributed by atoms with Gasteiger partial charge in [0.25, 0.3) is 0 Å². The summed E-state index contributed by atoms with van der Waals surface area (Å²) >= 11 is 0. The molecule has 1 aromatic carbocycles. The molecule has 2 aromatic rings. The van der Waals surface area contributed by atoms with Crippen LogP contribution < -0.4 is 86.7 Å². The van der Waals surface area contributed by atoms with Gasteiger partial charge < -0.3 is 112 Å². The Balaban J connectivity index is 2.29. The lowest BCUT2D eigenvalue weighted by Crippen LogP contribution is -2.61. The Kier molecular flexibility index (Phi) is 34.6. The van der Waals surface area contributed by atoms with E-state index in [2.05, 4.69) is 68.8 Å². The van der Waals surface area contributed by atoms with Gasteiger partial charge in [0.2, 0.25) is 70.9 Å². The van der Waals surface area contributed by atoms with Crippen molar-refractivity contribution in [3.63, 3.8) is 0 Å². The molecule has 0 unspecified atom stereocenters. The lowest BCUT2D eigenvalue weighted by atomic mass is 9.96. The molecule has 0 saturated carbocycles. The minimum atomic E-state index is -1.84. The van der Waals surface area contributed by atoms with Crippen LogP contribution in [0.2, 0.25) is 0 Å². The molecule has 1 aromatic heterocycles. The zero-order valence-electron chi connectivity index (χ0n) is 53.6. The van der Waals surface area contributed by atoms with Crippen LogP contribution in [-0.4, -0.2) is 220 Å². The molecule has 0 saturated heterocycles. The normalized spacial score (nSPS) is 15.4. The summed E-state index contributed by atoms with van der Waals surface area (Å²) in [5.41, 5.74) is 24.3. The smallest absolute Gasteiger partial charge is 0.325 e. The number of aromatic amines is 1. The molecular weight excluding hydrogens is 1220 g/mol. The molecule has 0 aliphatic heterocycles. The van der Waals surface area contributed by atoms with Crippen LogP contribution in [0.1, 0.15) is 99.5 Å². The van der Waals surface area contributed by atoms with Crippen molar-refractivity contribution in [2.75, 3.05) is 39.4 Å². The maximum Gasteiger partial charge on any atom is 0.325 e. The molecule has 0 aliphatic rings. The summed E-state index contributed by atoms with van der Waals surface area (Å²) in [5.74, 6) is -15.6. The maximum atomic E-state index is 14.2. The number of aliphatic hydroxyl groups excluding tert-OH is 2. The second-order valence-electron chi connectivity index (χ2n) is 23.0. The van der Waals surface area contributed by atoms with Crippen molar-refractivity contribution in [1.29, 1.82) is 0 Å². The molecule has 0 radical (unpaired) electrons. The van der Waals surface area contributed by atoms with Crippen molar-refractivity contribution in [1.82, 2.24) is 68.8 Å². The Morgan fingerprint density at radius 2 is 0.903 bits per heavy atom. The number of carboxylic acid groups (broad SMARTS) is 2. The van der Waals surface area contributed by atoms with Crippen LogP contribution >= 0.6 is 0 Å². The largest absolute Gasteiger partial charge is 0.481 e. The van der Waals surface area contributed by atoms with Gasteiger partial charge in [-0.1, -0.05) is 66.2 Å². The highest BCUT2D eigenvalue weighted by molar-refractivity contribution is 6.00. The molecule has 12 amide bonds. The molecule has 0 fully saturated rings. The molecule has 35 nitrogen and oxygen atoms in total. The monoisotopic (exact) mass is 1320 g/mol. The summed E-state index contributed by atoms with van der Waals surface area (Å²) < 4.78 is 0. The standard InChI is InChI=1S/C58H95N17O18/c1-9-29(6)46(57(91)66-31(8)58(92)93)75-56(90)45(28(4)5)74-51(85)35(14-15-43(79)80)68-47(81)30(7)65-49(83)37(17-20-60)69-50(84)38(18-21-61)70-54(88)41(26-77)73-52(86)39(22-32-23-63-34-13-11-10-12-33(32)34)72-53(87)40(25-76)67-42(78)24-64-48(82)36(16-19-59)71-55(89)44(62)27(2)3/h10-13,23,27-31,35-41,44-46,63,76-77H,9,14-22,24-26,59-62H2,1-8H3,(H,64,82)(H,65,83)(H,66,91)(H,67,78)(H,68,81)(H,69,84)(H,70,88)(H,71,89)(H,72,87)(H,73,86)(H,74,85)(H,75,90)(H,79,80)(H,92,93)/t29-,30-,31-,35-,36+,37+,38-,39+,40+,41-,44+,45-,46+/m0/s1. The van der Waals surface area contributed by atoms with Crippen LogP contribution in [-0.2, 0) is 73.5 Å². The number of carboxylic acids is 2. The number of nitrogens with one attached hydrogen (secondary N) is 13. The third-order valence-electron chi connectivity index (χ3n) is 14.9. The number of H-pyrrole nitrogens is 1. The fraction of sp³-hybridized carbons (Fsp3) is 0.621. The fourth-order valence-corrected chi connectivity index (χ4v) is 8.93. The minimum Gasteiger partial charge on any atom is -0.481 e. The first-order valence-electron chi connectivity index (χ1n) is 30.5. The number of hydrogen-bond donors (Lipinski definition) is 21. The number of amides is 12. The van der Waals surface area contributed by atoms with Gasteiger partial charge in [-0.2, -0.15) is 0 Å². The van der Waals surface area contributed by atoms with Gasteiger partial charge in [-0.15, -0.1) is 0 Å². The van der Waals surface area contributed by atoms with Crippen molar-refractivity contribution < 1.29 is 87.5 Å². The topological polar surface area (TPSA) is 584 Å². The van der Waals surface area contributed by atoms with E-state index in [1.165, 1.54) is 13.8 Å². The van der Waals surface area contributed by atoms with E-state index in [4.69, 9.17) is 22.9 Å². The van der Waals surface area contributed by atoms with Crippen molar-refractivity contribution >= 4 is 93.7 Å². The maximum absolute atomic E-state index is 14.2. The average Bonchev–Trinajstić information content (AvgIpc) is 1.79. The van der Waals surface area contributed by atoms with Crippen molar-refractivity contribution in [3.05, 3.63) is 36.0 Å². The molecule has 1 heterocycles. The number of fused-ring (bicyclic) bond motifs is 1. The lowest BCUT2D eigenvalue weighted by molar-refractivity contribution is -0.142. The Morgan fingerprint density at radius 1 is 0.473 bits per heavy atom. The van der Waals surface area contributed by atoms with E-state index in [1.54, 1.807) is 72.0 Å². The summed E-state index contributed by atoms with van der Waals surface area (Å²) in [7, 11) is 0. The van der Waals surface area contributed by atoms with Crippen LogP contribution in [0.3, 0.4) is 0 Å². The van der Waals surface area contributed by atoms with Gasteiger partial charge in [-0.3, -0.25) is 67.1 Å². The Morgan fingerprint density at radius 3 is 1.42 bits per heavy atom. The number of benzene rings is 1. The summed E-state index contributed by atoms with van der Waals surface area (Å²) in [5, 5.41) is 68.9. The quantitative estimate of drug-likeness (QED) is 0.0294. The molecule has 2 rings (SSSR count). The molecule has 0 aliphatic carbocycles. The van der Waals surface area contributed by atoms with E-state index < -0.39 is 200 Å². The Bertz CT molecular complexity index is 2910. The highest BCUT2D eigenvalue weighted by atomic mass is 16.4. The molecule has 520 valence electrons. The zero-order chi connectivity index (χ0) is 70.4. The third-order valence-corrected chi connectivity index (χ3v) is 14.9. The van der Waals surface area contributed by atoms with E-state index in [1.807, 2.05) is 0 Å². The number of nitrogens with two attached hydrogens (primary N) is 4. The number of carbonyl (C=O) groups excluding carboxylic acids is 12. The number of para-hydroxylation sites is 1. The van der Waals surface area contributed by atoms with Gasteiger partial charge in [-0.25, -0.2) is 0 Å². The number of aliphatic hydroxyl groups is 2. The first-order valence-corrected chi connectivity index (χ1v) is 30.5. The SMILES string of the molecule is CC[C@H](C)[C@@H](NC(=O)[C@@H](NC(=O)[C@H](CCC(=O)O)NC(=O)[C@H](C)NC(=O)[C@@H](CCN)NC(=O)[C@H](CCN)NC(=O)[C@H](CO)NC(=O)[C@@H](Cc1c[nH]c2ccccc12)NC(=O)[C@@H](CO)NC(=O)CNC(=O)[C@@H](CCN)NC(=O)[C@H](N)C(C)C)C(C)C)C(=O)N[C@@H](C)C(=O)O.